The number of halogens is 2. The highest BCUT2D eigenvalue weighted by Gasteiger charge is 2.22. The summed E-state index contributed by atoms with van der Waals surface area (Å²) in [4.78, 5) is 1.63. The van der Waals surface area contributed by atoms with Gasteiger partial charge in [0.2, 0.25) is 0 Å². The normalized spacial score (nSPS) is 14.8. The average Bonchev–Trinajstić information content (AvgIpc) is 2.07. The molecule has 1 saturated heterocycles. The summed E-state index contributed by atoms with van der Waals surface area (Å²) in [5.41, 5.74) is 0.0134. The van der Waals surface area contributed by atoms with Gasteiger partial charge in [-0.3, -0.25) is 0 Å². The lowest BCUT2D eigenvalue weighted by atomic mass is 10.1. The molecule has 0 saturated carbocycles. The summed E-state index contributed by atoms with van der Waals surface area (Å²) in [5.74, 6) is -1.30. The van der Waals surface area contributed by atoms with Crippen LogP contribution in [-0.4, -0.2) is 13.1 Å². The summed E-state index contributed by atoms with van der Waals surface area (Å²) in [6.07, 6.45) is 0.957. The molecule has 0 atom stereocenters. The fourth-order valence-electron chi connectivity index (χ4n) is 1.47. The number of anilines is 1. The third kappa shape index (κ3) is 1.31. The first-order valence-corrected chi connectivity index (χ1v) is 4.36. The summed E-state index contributed by atoms with van der Waals surface area (Å²) in [7, 11) is 0. The Morgan fingerprint density at radius 2 is 1.79 bits per heavy atom. The van der Waals surface area contributed by atoms with E-state index in [2.05, 4.69) is 0 Å². The number of hydrogen-bond donors (Lipinski definition) is 0. The maximum Gasteiger partial charge on any atom is 0.150 e. The molecule has 0 spiro atoms. The molecule has 1 aliphatic heterocycles. The highest BCUT2D eigenvalue weighted by molar-refractivity contribution is 5.53. The van der Waals surface area contributed by atoms with E-state index in [9.17, 15) is 8.78 Å². The van der Waals surface area contributed by atoms with Gasteiger partial charge in [-0.15, -0.1) is 0 Å². The Kier molecular flexibility index (Phi) is 2.08. The second kappa shape index (κ2) is 3.26. The minimum Gasteiger partial charge on any atom is -0.367 e. The molecular formula is C10H8F2N2. The lowest BCUT2D eigenvalue weighted by Crippen LogP contribution is -2.38. The molecule has 0 aromatic heterocycles. The minimum atomic E-state index is -0.652. The topological polar surface area (TPSA) is 27.0 Å². The molecule has 0 unspecified atom stereocenters. The SMILES string of the molecule is N#Cc1cc(F)c(N2CCC2)c(F)c1. The quantitative estimate of drug-likeness (QED) is 0.684. The van der Waals surface area contributed by atoms with Gasteiger partial charge in [0.15, 0.2) is 11.6 Å². The van der Waals surface area contributed by atoms with Crippen molar-refractivity contribution in [3.8, 4) is 6.07 Å². The van der Waals surface area contributed by atoms with Gasteiger partial charge in [-0.1, -0.05) is 0 Å². The Bertz CT molecular complexity index is 382. The van der Waals surface area contributed by atoms with Crippen LogP contribution in [0.1, 0.15) is 12.0 Å². The van der Waals surface area contributed by atoms with Crippen LogP contribution < -0.4 is 4.90 Å². The Hall–Kier alpha value is -1.63. The van der Waals surface area contributed by atoms with Crippen LogP contribution in [-0.2, 0) is 0 Å². The van der Waals surface area contributed by atoms with Crippen LogP contribution in [0.3, 0.4) is 0 Å². The van der Waals surface area contributed by atoms with Crippen molar-refractivity contribution in [2.45, 2.75) is 6.42 Å². The van der Waals surface area contributed by atoms with Gasteiger partial charge in [0.25, 0.3) is 0 Å². The third-order valence-electron chi connectivity index (χ3n) is 2.32. The molecule has 0 N–H and O–H groups in total. The second-order valence-electron chi connectivity index (χ2n) is 3.24. The zero-order chi connectivity index (χ0) is 10.1. The Morgan fingerprint density at radius 3 is 2.14 bits per heavy atom. The van der Waals surface area contributed by atoms with E-state index in [1.165, 1.54) is 0 Å². The van der Waals surface area contributed by atoms with Gasteiger partial charge in [-0.2, -0.15) is 5.26 Å². The lowest BCUT2D eigenvalue weighted by Gasteiger charge is -2.33. The van der Waals surface area contributed by atoms with Crippen molar-refractivity contribution in [3.05, 3.63) is 29.3 Å². The van der Waals surface area contributed by atoms with E-state index in [0.29, 0.717) is 13.1 Å². The standard InChI is InChI=1S/C10H8F2N2/c11-8-4-7(6-13)5-9(12)10(8)14-2-1-3-14/h4-5H,1-3H2. The van der Waals surface area contributed by atoms with Crippen molar-refractivity contribution in [2.75, 3.05) is 18.0 Å². The van der Waals surface area contributed by atoms with Gasteiger partial charge in [0, 0.05) is 13.1 Å². The highest BCUT2D eigenvalue weighted by Crippen LogP contribution is 2.28. The van der Waals surface area contributed by atoms with Gasteiger partial charge >= 0.3 is 0 Å². The summed E-state index contributed by atoms with van der Waals surface area (Å²) in [6.45, 7) is 1.36. The molecule has 0 amide bonds. The van der Waals surface area contributed by atoms with Crippen molar-refractivity contribution < 1.29 is 8.78 Å². The van der Waals surface area contributed by atoms with E-state index in [4.69, 9.17) is 5.26 Å². The molecule has 14 heavy (non-hydrogen) atoms. The first-order valence-electron chi connectivity index (χ1n) is 4.36. The minimum absolute atomic E-state index is 0.00440. The van der Waals surface area contributed by atoms with Gasteiger partial charge in [0.1, 0.15) is 5.69 Å². The summed E-state index contributed by atoms with van der Waals surface area (Å²) in [6, 6.07) is 3.84. The van der Waals surface area contributed by atoms with Crippen LogP contribution >= 0.6 is 0 Å². The van der Waals surface area contributed by atoms with Crippen molar-refractivity contribution in [3.63, 3.8) is 0 Å². The molecule has 1 heterocycles. The predicted octanol–water partition coefficient (Wildman–Crippen LogP) is 2.05. The fraction of sp³-hybridized carbons (Fsp3) is 0.300. The molecule has 1 fully saturated rings. The van der Waals surface area contributed by atoms with Gasteiger partial charge in [-0.25, -0.2) is 8.78 Å². The first-order chi connectivity index (χ1) is 6.72. The Labute approximate surface area is 80.4 Å². The molecule has 4 heteroatoms. The largest absolute Gasteiger partial charge is 0.367 e. The number of rotatable bonds is 1. The zero-order valence-corrected chi connectivity index (χ0v) is 7.43. The Morgan fingerprint density at radius 1 is 1.21 bits per heavy atom. The Balaban J connectivity index is 2.45. The number of nitriles is 1. The monoisotopic (exact) mass is 194 g/mol. The second-order valence-corrected chi connectivity index (χ2v) is 3.24. The fourth-order valence-corrected chi connectivity index (χ4v) is 1.47. The number of hydrogen-bond acceptors (Lipinski definition) is 2. The van der Waals surface area contributed by atoms with Gasteiger partial charge in [0.05, 0.1) is 11.6 Å². The van der Waals surface area contributed by atoms with E-state index in [-0.39, 0.29) is 11.3 Å². The van der Waals surface area contributed by atoms with Crippen LogP contribution in [0.25, 0.3) is 0 Å². The molecular weight excluding hydrogens is 186 g/mol. The predicted molar refractivity (Wildman–Crippen MR) is 47.9 cm³/mol. The van der Waals surface area contributed by atoms with Crippen molar-refractivity contribution in [2.24, 2.45) is 0 Å². The third-order valence-corrected chi connectivity index (χ3v) is 2.32. The maximum absolute atomic E-state index is 13.3. The first kappa shape index (κ1) is 8.95. The molecule has 2 rings (SSSR count). The molecule has 1 aromatic rings. The van der Waals surface area contributed by atoms with E-state index < -0.39 is 11.6 Å². The molecule has 0 bridgehead atoms. The summed E-state index contributed by atoms with van der Waals surface area (Å²) >= 11 is 0. The molecule has 1 aromatic carbocycles. The van der Waals surface area contributed by atoms with Crippen LogP contribution in [0.15, 0.2) is 12.1 Å². The van der Waals surface area contributed by atoms with Crippen LogP contribution in [0.5, 0.6) is 0 Å². The van der Waals surface area contributed by atoms with Crippen LogP contribution in [0, 0.1) is 23.0 Å². The molecule has 1 aliphatic rings. The van der Waals surface area contributed by atoms with Gasteiger partial charge < -0.3 is 4.90 Å². The zero-order valence-electron chi connectivity index (χ0n) is 7.43. The van der Waals surface area contributed by atoms with E-state index >= 15 is 0 Å². The molecule has 0 radical (unpaired) electrons. The highest BCUT2D eigenvalue weighted by atomic mass is 19.1. The van der Waals surface area contributed by atoms with Crippen molar-refractivity contribution in [1.29, 1.82) is 5.26 Å². The number of benzene rings is 1. The summed E-state index contributed by atoms with van der Waals surface area (Å²) < 4.78 is 26.7. The lowest BCUT2D eigenvalue weighted by molar-refractivity contribution is 0.535. The van der Waals surface area contributed by atoms with Crippen molar-refractivity contribution >= 4 is 5.69 Å². The molecule has 0 aliphatic carbocycles. The van der Waals surface area contributed by atoms with E-state index in [0.717, 1.165) is 18.6 Å². The molecule has 2 nitrogen and oxygen atoms in total. The van der Waals surface area contributed by atoms with Crippen molar-refractivity contribution in [1.82, 2.24) is 0 Å². The summed E-state index contributed by atoms with van der Waals surface area (Å²) in [5, 5.41) is 8.49. The van der Waals surface area contributed by atoms with E-state index in [1.54, 1.807) is 11.0 Å². The number of nitrogens with zero attached hydrogens (tertiary/aromatic N) is 2. The maximum atomic E-state index is 13.3. The van der Waals surface area contributed by atoms with E-state index in [1.807, 2.05) is 0 Å². The molecule has 72 valence electrons. The van der Waals surface area contributed by atoms with Crippen LogP contribution in [0.4, 0.5) is 14.5 Å². The smallest absolute Gasteiger partial charge is 0.150 e. The van der Waals surface area contributed by atoms with Crippen LogP contribution in [0.2, 0.25) is 0 Å². The average molecular weight is 194 g/mol. The van der Waals surface area contributed by atoms with Gasteiger partial charge in [-0.05, 0) is 18.6 Å².